The van der Waals surface area contributed by atoms with Crippen molar-refractivity contribution in [2.75, 3.05) is 49.1 Å². The molecule has 324 valence electrons. The highest BCUT2D eigenvalue weighted by Gasteiger charge is 2.64. The van der Waals surface area contributed by atoms with Gasteiger partial charge in [0.25, 0.3) is 17.7 Å². The van der Waals surface area contributed by atoms with E-state index in [4.69, 9.17) is 21.3 Å². The molecule has 0 radical (unpaired) electrons. The number of ether oxygens (including phenoxy) is 1. The number of rotatable bonds is 8. The van der Waals surface area contributed by atoms with Crippen LogP contribution < -0.4 is 25.2 Å². The number of piperazine rings is 1. The molecule has 5 heterocycles. The Hall–Kier alpha value is -5.52. The van der Waals surface area contributed by atoms with Gasteiger partial charge in [-0.3, -0.25) is 39.1 Å². The standard InChI is InChI=1S/C47H53ClN8O6/c1-46(2)44(47(3,4)45(46)62-33-10-6-28(24-49)36(48)23-33)52-40(58)29-7-13-38(50-25-29)55-16-15-27-21-31(8-5-30(27)26-55)53-17-19-54(20-18-53)32-9-11-34-35(22-32)43(61)56(42(34)60)37-12-14-39(57)51-41(37)59/h6-7,9-11,13,22-23,25,27,30-31,37,44-45H,5,8,12,14-21,26H2,1-4H3,(H,52,58)(H,51,57,59)/t27-,30-,31+,37?,44?,45?/m1/s1. The van der Waals surface area contributed by atoms with Crippen molar-refractivity contribution in [1.29, 1.82) is 5.26 Å². The summed E-state index contributed by atoms with van der Waals surface area (Å²) >= 11 is 6.26. The summed E-state index contributed by atoms with van der Waals surface area (Å²) in [5.41, 5.74) is 1.69. The first-order valence-corrected chi connectivity index (χ1v) is 22.2. The maximum absolute atomic E-state index is 13.6. The van der Waals surface area contributed by atoms with E-state index in [0.717, 1.165) is 74.9 Å². The maximum Gasteiger partial charge on any atom is 0.262 e. The molecule has 62 heavy (non-hydrogen) atoms. The van der Waals surface area contributed by atoms with Crippen LogP contribution in [0.1, 0.15) is 103 Å². The largest absolute Gasteiger partial charge is 0.489 e. The van der Waals surface area contributed by atoms with Crippen molar-refractivity contribution < 1.29 is 28.7 Å². The van der Waals surface area contributed by atoms with E-state index >= 15 is 0 Å². The van der Waals surface area contributed by atoms with E-state index in [9.17, 15) is 29.2 Å². The molecule has 6 aliphatic rings. The van der Waals surface area contributed by atoms with E-state index in [0.29, 0.717) is 50.9 Å². The monoisotopic (exact) mass is 860 g/mol. The van der Waals surface area contributed by atoms with Crippen LogP contribution in [0.4, 0.5) is 11.5 Å². The number of piperidine rings is 2. The Morgan fingerprint density at radius 3 is 2.32 bits per heavy atom. The van der Waals surface area contributed by atoms with Crippen LogP contribution in [-0.4, -0.2) is 108 Å². The van der Waals surface area contributed by atoms with Crippen LogP contribution >= 0.6 is 11.6 Å². The summed E-state index contributed by atoms with van der Waals surface area (Å²) in [5, 5.41) is 15.1. The first-order valence-electron chi connectivity index (χ1n) is 21.9. The number of anilines is 2. The number of carbonyl (C=O) groups is 5. The van der Waals surface area contributed by atoms with E-state index in [-0.39, 0.29) is 41.7 Å². The predicted molar refractivity (Wildman–Crippen MR) is 232 cm³/mol. The lowest BCUT2D eigenvalue weighted by atomic mass is 9.49. The summed E-state index contributed by atoms with van der Waals surface area (Å²) in [6.07, 6.45) is 6.31. The number of nitrogens with zero attached hydrogens (tertiary/aromatic N) is 6. The number of nitrogens with one attached hydrogen (secondary N) is 2. The zero-order valence-electron chi connectivity index (χ0n) is 35.7. The Morgan fingerprint density at radius 2 is 1.63 bits per heavy atom. The molecule has 2 aromatic carbocycles. The van der Waals surface area contributed by atoms with Gasteiger partial charge in [-0.05, 0) is 86.4 Å². The summed E-state index contributed by atoms with van der Waals surface area (Å²) in [6, 6.07) is 15.8. The second-order valence-electron chi connectivity index (χ2n) is 19.1. The van der Waals surface area contributed by atoms with Gasteiger partial charge in [-0.25, -0.2) is 4.98 Å². The summed E-state index contributed by atoms with van der Waals surface area (Å²) in [7, 11) is 0. The number of aromatic nitrogens is 1. The number of amides is 5. The number of hydrogen-bond acceptors (Lipinski definition) is 11. The Morgan fingerprint density at radius 1 is 0.871 bits per heavy atom. The molecule has 14 nitrogen and oxygen atoms in total. The minimum absolute atomic E-state index is 0.0919. The molecular formula is C47H53ClN8O6. The van der Waals surface area contributed by atoms with Crippen molar-refractivity contribution in [3.8, 4) is 11.8 Å². The fourth-order valence-electron chi connectivity index (χ4n) is 11.7. The van der Waals surface area contributed by atoms with Crippen molar-refractivity contribution in [3.63, 3.8) is 0 Å². The molecule has 15 heteroatoms. The van der Waals surface area contributed by atoms with Crippen molar-refractivity contribution in [2.45, 2.75) is 90.4 Å². The molecule has 4 atom stereocenters. The molecule has 4 aliphatic heterocycles. The number of pyridine rings is 1. The predicted octanol–water partition coefficient (Wildman–Crippen LogP) is 5.44. The van der Waals surface area contributed by atoms with Gasteiger partial charge >= 0.3 is 0 Å². The molecule has 2 N–H and O–H groups in total. The van der Waals surface area contributed by atoms with Crippen LogP contribution in [0, 0.1) is 34.0 Å². The molecule has 1 unspecified atom stereocenters. The van der Waals surface area contributed by atoms with Crippen LogP contribution in [-0.2, 0) is 9.59 Å². The fraction of sp³-hybridized carbons (Fsp3) is 0.511. The Balaban J connectivity index is 0.746. The second-order valence-corrected chi connectivity index (χ2v) is 19.5. The number of carbonyl (C=O) groups excluding carboxylic acids is 5. The lowest BCUT2D eigenvalue weighted by molar-refractivity contribution is -0.164. The zero-order valence-corrected chi connectivity index (χ0v) is 36.4. The average molecular weight is 861 g/mol. The van der Waals surface area contributed by atoms with Crippen LogP contribution in [0.25, 0.3) is 0 Å². The lowest BCUT2D eigenvalue weighted by Gasteiger charge is -2.63. The van der Waals surface area contributed by atoms with E-state index in [1.807, 2.05) is 18.2 Å². The van der Waals surface area contributed by atoms with Gasteiger partial charge in [-0.2, -0.15) is 5.26 Å². The highest BCUT2D eigenvalue weighted by atomic mass is 35.5. The third-order valence-electron chi connectivity index (χ3n) is 14.7. The average Bonchev–Trinajstić information content (AvgIpc) is 3.51. The highest BCUT2D eigenvalue weighted by molar-refractivity contribution is 6.31. The number of fused-ring (bicyclic) bond motifs is 2. The Labute approximate surface area is 366 Å². The van der Waals surface area contributed by atoms with Gasteiger partial charge in [0.15, 0.2) is 0 Å². The normalized spacial score (nSPS) is 28.0. The number of hydrogen-bond donors (Lipinski definition) is 2. The molecule has 5 fully saturated rings. The van der Waals surface area contributed by atoms with Gasteiger partial charge in [0.2, 0.25) is 11.8 Å². The number of imide groups is 2. The molecule has 0 spiro atoms. The Kier molecular flexibility index (Phi) is 10.8. The number of nitriles is 1. The smallest absolute Gasteiger partial charge is 0.262 e. The van der Waals surface area contributed by atoms with Crippen LogP contribution in [0.15, 0.2) is 54.7 Å². The highest BCUT2D eigenvalue weighted by Crippen LogP contribution is 2.55. The van der Waals surface area contributed by atoms with Crippen molar-refractivity contribution in [3.05, 3.63) is 82.0 Å². The summed E-state index contributed by atoms with van der Waals surface area (Å²) < 4.78 is 6.39. The van der Waals surface area contributed by atoms with Crippen molar-refractivity contribution in [2.24, 2.45) is 22.7 Å². The number of halogens is 1. The van der Waals surface area contributed by atoms with E-state index in [1.54, 1.807) is 36.5 Å². The number of benzene rings is 2. The topological polar surface area (TPSA) is 168 Å². The van der Waals surface area contributed by atoms with Gasteiger partial charge in [-0.15, -0.1) is 0 Å². The van der Waals surface area contributed by atoms with Crippen LogP contribution in [0.3, 0.4) is 0 Å². The third-order valence-corrected chi connectivity index (χ3v) is 15.0. The molecule has 3 aromatic rings. The van der Waals surface area contributed by atoms with Gasteiger partial charge in [0.1, 0.15) is 29.8 Å². The lowest BCUT2D eigenvalue weighted by Crippen LogP contribution is -2.74. The maximum atomic E-state index is 13.6. The molecular weight excluding hydrogens is 808 g/mol. The van der Waals surface area contributed by atoms with Crippen molar-refractivity contribution >= 4 is 52.6 Å². The second kappa shape index (κ2) is 16.0. The third kappa shape index (κ3) is 7.36. The first-order chi connectivity index (χ1) is 29.6. The van der Waals surface area contributed by atoms with Gasteiger partial charge < -0.3 is 19.9 Å². The first kappa shape index (κ1) is 41.8. The SMILES string of the molecule is CC1(C)C(NC(=O)c2ccc(N3CC[C@@H]4C[C@@H](N5CCN(c6ccc7c(c6)C(=O)N(C6CCC(=O)NC6=O)C7=O)CC5)CC[C@@H]4C3)nc2)C(C)(C)C1Oc1ccc(C#N)c(Cl)c1. The van der Waals surface area contributed by atoms with Gasteiger partial charge in [0, 0.05) is 86.6 Å². The summed E-state index contributed by atoms with van der Waals surface area (Å²) in [4.78, 5) is 77.4. The molecule has 3 saturated heterocycles. The van der Waals surface area contributed by atoms with E-state index < -0.39 is 29.7 Å². The Bertz CT molecular complexity index is 2360. The molecule has 1 aromatic heterocycles. The molecule has 2 saturated carbocycles. The minimum atomic E-state index is -0.974. The molecule has 2 aliphatic carbocycles. The minimum Gasteiger partial charge on any atom is -0.489 e. The van der Waals surface area contributed by atoms with Crippen molar-refractivity contribution in [1.82, 2.24) is 25.4 Å². The van der Waals surface area contributed by atoms with Crippen LogP contribution in [0.2, 0.25) is 5.02 Å². The fourth-order valence-corrected chi connectivity index (χ4v) is 11.9. The zero-order chi connectivity index (χ0) is 43.7. The molecule has 9 rings (SSSR count). The van der Waals surface area contributed by atoms with Gasteiger partial charge in [0.05, 0.1) is 27.3 Å². The van der Waals surface area contributed by atoms with Gasteiger partial charge in [-0.1, -0.05) is 39.3 Å². The quantitative estimate of drug-likeness (QED) is 0.277. The summed E-state index contributed by atoms with van der Waals surface area (Å²) in [6.45, 7) is 13.7. The van der Waals surface area contributed by atoms with E-state index in [2.05, 4.69) is 59.1 Å². The van der Waals surface area contributed by atoms with Crippen LogP contribution in [0.5, 0.6) is 5.75 Å². The summed E-state index contributed by atoms with van der Waals surface area (Å²) in [5.74, 6) is 0.614. The molecule has 0 bridgehead atoms. The molecule has 5 amide bonds. The van der Waals surface area contributed by atoms with E-state index in [1.165, 1.54) is 6.42 Å².